The van der Waals surface area contributed by atoms with Crippen LogP contribution in [0.5, 0.6) is 0 Å². The molecule has 0 saturated carbocycles. The number of rotatable bonds is 4. The summed E-state index contributed by atoms with van der Waals surface area (Å²) in [5, 5.41) is 27.0. The molecule has 0 spiro atoms. The Morgan fingerprint density at radius 3 is 2.41 bits per heavy atom. The molecule has 2 aliphatic heterocycles. The van der Waals surface area contributed by atoms with E-state index in [2.05, 4.69) is 5.32 Å². The highest BCUT2D eigenvalue weighted by molar-refractivity contribution is 6.05. The van der Waals surface area contributed by atoms with Gasteiger partial charge in [-0.2, -0.15) is 0 Å². The molecule has 2 aromatic rings. The molecular formula is C22H21N3O4. The van der Waals surface area contributed by atoms with Crippen LogP contribution in [0.3, 0.4) is 0 Å². The van der Waals surface area contributed by atoms with Crippen LogP contribution in [0.1, 0.15) is 28.8 Å². The predicted octanol–water partition coefficient (Wildman–Crippen LogP) is 2.79. The summed E-state index contributed by atoms with van der Waals surface area (Å²) in [6.45, 7) is 0.996. The summed E-state index contributed by atoms with van der Waals surface area (Å²) in [5.74, 6) is -0.140. The van der Waals surface area contributed by atoms with Gasteiger partial charge < -0.3 is 15.3 Å². The lowest BCUT2D eigenvalue weighted by molar-refractivity contribution is -0.422. The molecule has 0 aromatic heterocycles. The van der Waals surface area contributed by atoms with E-state index in [0.29, 0.717) is 24.2 Å². The van der Waals surface area contributed by atoms with Crippen LogP contribution >= 0.6 is 0 Å². The normalized spacial score (nSPS) is 22.8. The van der Waals surface area contributed by atoms with Gasteiger partial charge in [0.25, 0.3) is 0 Å². The molecule has 0 bridgehead atoms. The lowest BCUT2D eigenvalue weighted by atomic mass is 9.91. The van der Waals surface area contributed by atoms with Crippen molar-refractivity contribution in [3.63, 3.8) is 0 Å². The first-order chi connectivity index (χ1) is 14.0. The third-order valence-corrected chi connectivity index (χ3v) is 5.31. The summed E-state index contributed by atoms with van der Waals surface area (Å²) >= 11 is 0. The number of nitrogens with zero attached hydrogens (tertiary/aromatic N) is 2. The lowest BCUT2D eigenvalue weighted by Gasteiger charge is -2.36. The van der Waals surface area contributed by atoms with E-state index in [1.807, 2.05) is 6.07 Å². The number of hydrogen-bond acceptors (Lipinski definition) is 6. The highest BCUT2D eigenvalue weighted by Gasteiger charge is 2.55. The quantitative estimate of drug-likeness (QED) is 0.360. The van der Waals surface area contributed by atoms with Crippen molar-refractivity contribution in [2.75, 3.05) is 13.1 Å². The Balaban J connectivity index is 1.93. The minimum Gasteiger partial charge on any atom is -0.366 e. The van der Waals surface area contributed by atoms with Crippen LogP contribution < -0.4 is 5.32 Å². The summed E-state index contributed by atoms with van der Waals surface area (Å²) in [5.41, 5.74) is -1.21. The predicted molar refractivity (Wildman–Crippen MR) is 107 cm³/mol. The van der Waals surface area contributed by atoms with Gasteiger partial charge in [0.1, 0.15) is 0 Å². The second-order valence-electron chi connectivity index (χ2n) is 7.07. The first kappa shape index (κ1) is 18.9. The zero-order chi connectivity index (χ0) is 20.4. The Labute approximate surface area is 168 Å². The summed E-state index contributed by atoms with van der Waals surface area (Å²) < 4.78 is 0. The van der Waals surface area contributed by atoms with E-state index in [1.165, 1.54) is 6.08 Å². The number of carbonyl (C=O) groups is 1. The zero-order valence-electron chi connectivity index (χ0n) is 15.7. The molecule has 1 atom stereocenters. The van der Waals surface area contributed by atoms with Gasteiger partial charge in [0, 0.05) is 30.3 Å². The average molecular weight is 391 g/mol. The topological polar surface area (TPSA) is 95.7 Å². The minimum absolute atomic E-state index is 0.0213. The molecule has 2 heterocycles. The maximum Gasteiger partial charge on any atom is 0.317 e. The van der Waals surface area contributed by atoms with Crippen molar-refractivity contribution in [2.45, 2.75) is 18.6 Å². The molecular weight excluding hydrogens is 370 g/mol. The van der Waals surface area contributed by atoms with E-state index in [0.717, 1.165) is 12.8 Å². The highest BCUT2D eigenvalue weighted by Crippen LogP contribution is 2.47. The summed E-state index contributed by atoms with van der Waals surface area (Å²) in [7, 11) is 0. The Morgan fingerprint density at radius 2 is 1.76 bits per heavy atom. The molecule has 2 N–H and O–H groups in total. The van der Waals surface area contributed by atoms with Crippen molar-refractivity contribution < 1.29 is 14.8 Å². The summed E-state index contributed by atoms with van der Waals surface area (Å²) in [4.78, 5) is 26.0. The molecule has 29 heavy (non-hydrogen) atoms. The van der Waals surface area contributed by atoms with Gasteiger partial charge in [0.05, 0.1) is 10.5 Å². The van der Waals surface area contributed by atoms with Crippen molar-refractivity contribution in [1.82, 2.24) is 10.2 Å². The van der Waals surface area contributed by atoms with Crippen molar-refractivity contribution in [2.24, 2.45) is 0 Å². The minimum atomic E-state index is -1.80. The van der Waals surface area contributed by atoms with Crippen molar-refractivity contribution >= 4 is 5.78 Å². The molecule has 2 aromatic carbocycles. The van der Waals surface area contributed by atoms with Gasteiger partial charge in [0.2, 0.25) is 0 Å². The monoisotopic (exact) mass is 391 g/mol. The number of aliphatic hydroxyl groups is 1. The number of allylic oxidation sites excluding steroid dienone is 1. The van der Waals surface area contributed by atoms with Gasteiger partial charge in [-0.05, 0) is 12.8 Å². The molecule has 148 valence electrons. The van der Waals surface area contributed by atoms with E-state index in [-0.39, 0.29) is 17.1 Å². The molecule has 4 rings (SSSR count). The van der Waals surface area contributed by atoms with Crippen LogP contribution in [-0.4, -0.2) is 33.8 Å². The Bertz CT molecular complexity index is 1000. The molecule has 2 aliphatic rings. The standard InChI is InChI=1S/C22H21N3O4/c26-19(16-9-3-1-4-10-16)15-18-20(25(28)29)21-23-13-7-8-14-24(21)22(18,27)17-11-5-2-6-12-17/h1-6,9-12,15,23,27H,7-8,13-14H2/b18-15-. The van der Waals surface area contributed by atoms with Crippen molar-refractivity contribution in [3.8, 4) is 0 Å². The van der Waals surface area contributed by atoms with Crippen LogP contribution in [0.15, 0.2) is 83.8 Å². The second-order valence-corrected chi connectivity index (χ2v) is 7.07. The fraction of sp³-hybridized carbons (Fsp3) is 0.227. The number of nitro groups is 1. The Hall–Kier alpha value is -3.45. The molecule has 7 nitrogen and oxygen atoms in total. The largest absolute Gasteiger partial charge is 0.366 e. The third kappa shape index (κ3) is 3.19. The Morgan fingerprint density at radius 1 is 1.10 bits per heavy atom. The van der Waals surface area contributed by atoms with Gasteiger partial charge >= 0.3 is 5.70 Å². The first-order valence-electron chi connectivity index (χ1n) is 9.53. The fourth-order valence-electron chi connectivity index (χ4n) is 3.93. The molecule has 1 unspecified atom stereocenters. The van der Waals surface area contributed by atoms with Gasteiger partial charge in [-0.1, -0.05) is 60.7 Å². The summed E-state index contributed by atoms with van der Waals surface area (Å²) in [6.07, 6.45) is 2.79. The fourth-order valence-corrected chi connectivity index (χ4v) is 3.93. The van der Waals surface area contributed by atoms with Crippen molar-refractivity contribution in [1.29, 1.82) is 0 Å². The van der Waals surface area contributed by atoms with Gasteiger partial charge in [-0.25, -0.2) is 0 Å². The molecule has 1 fully saturated rings. The third-order valence-electron chi connectivity index (χ3n) is 5.31. The van der Waals surface area contributed by atoms with Crippen LogP contribution in [-0.2, 0) is 5.72 Å². The Kier molecular flexibility index (Phi) is 4.90. The smallest absolute Gasteiger partial charge is 0.317 e. The number of nitrogens with one attached hydrogen (secondary N) is 1. The SMILES string of the molecule is O=C(/C=C1/C([N+](=O)[O-])=C2NCCCCN2C1(O)c1ccccc1)c1ccccc1. The van der Waals surface area contributed by atoms with E-state index >= 15 is 0 Å². The number of benzene rings is 2. The first-order valence-corrected chi connectivity index (χ1v) is 9.53. The van der Waals surface area contributed by atoms with Gasteiger partial charge in [-0.3, -0.25) is 14.9 Å². The number of fused-ring (bicyclic) bond motifs is 1. The van der Waals surface area contributed by atoms with E-state index in [1.54, 1.807) is 59.5 Å². The van der Waals surface area contributed by atoms with Crippen LogP contribution in [0.2, 0.25) is 0 Å². The summed E-state index contributed by atoms with van der Waals surface area (Å²) in [6, 6.07) is 17.3. The van der Waals surface area contributed by atoms with Gasteiger partial charge in [-0.15, -0.1) is 0 Å². The molecule has 0 aliphatic carbocycles. The molecule has 0 amide bonds. The van der Waals surface area contributed by atoms with E-state index in [9.17, 15) is 20.0 Å². The van der Waals surface area contributed by atoms with Crippen LogP contribution in [0.4, 0.5) is 0 Å². The lowest BCUT2D eigenvalue weighted by Crippen LogP contribution is -2.45. The molecule has 7 heteroatoms. The molecule has 0 radical (unpaired) electrons. The second kappa shape index (κ2) is 7.52. The highest BCUT2D eigenvalue weighted by atomic mass is 16.6. The average Bonchev–Trinajstić information content (AvgIpc) is 2.88. The van der Waals surface area contributed by atoms with Crippen LogP contribution in [0, 0.1) is 10.1 Å². The number of ketones is 1. The zero-order valence-corrected chi connectivity index (χ0v) is 15.7. The maximum absolute atomic E-state index is 12.9. The van der Waals surface area contributed by atoms with Gasteiger partial charge in [0.15, 0.2) is 17.3 Å². The number of carbonyl (C=O) groups excluding carboxylic acids is 1. The van der Waals surface area contributed by atoms with E-state index in [4.69, 9.17) is 0 Å². The number of hydrogen-bond donors (Lipinski definition) is 2. The van der Waals surface area contributed by atoms with Crippen LogP contribution in [0.25, 0.3) is 0 Å². The maximum atomic E-state index is 12.9. The molecule has 1 saturated heterocycles. The van der Waals surface area contributed by atoms with E-state index < -0.39 is 16.4 Å². The van der Waals surface area contributed by atoms with Crippen molar-refractivity contribution in [3.05, 3.63) is 105 Å².